The highest BCUT2D eigenvalue weighted by atomic mass is 35.5. The van der Waals surface area contributed by atoms with E-state index in [-0.39, 0.29) is 6.04 Å². The number of nitrogens with one attached hydrogen (secondary N) is 1. The number of aromatic nitrogens is 2. The number of hydrogen-bond acceptors (Lipinski definition) is 5. The molecule has 19 heavy (non-hydrogen) atoms. The molecule has 0 radical (unpaired) electrons. The summed E-state index contributed by atoms with van der Waals surface area (Å²) in [7, 11) is 3.44. The van der Waals surface area contributed by atoms with Crippen molar-refractivity contribution in [3.8, 4) is 17.2 Å². The first-order valence-corrected chi connectivity index (χ1v) is 6.42. The third-order valence-corrected chi connectivity index (χ3v) is 3.12. The van der Waals surface area contributed by atoms with Gasteiger partial charge >= 0.3 is 0 Å². The summed E-state index contributed by atoms with van der Waals surface area (Å²) in [4.78, 5) is 0. The predicted octanol–water partition coefficient (Wildman–Crippen LogP) is 3.07. The van der Waals surface area contributed by atoms with Crippen molar-refractivity contribution < 1.29 is 9.15 Å². The standard InChI is InChI=1S/C13H16ClN3O2/c1-4-10(15-2)13-17-16-12(19-13)9-6-5-8(14)7-11(9)18-3/h5-7,10,15H,4H2,1-3H3. The maximum atomic E-state index is 5.93. The zero-order chi connectivity index (χ0) is 13.8. The van der Waals surface area contributed by atoms with Gasteiger partial charge in [0.15, 0.2) is 0 Å². The van der Waals surface area contributed by atoms with Crippen molar-refractivity contribution in [3.05, 3.63) is 29.1 Å². The van der Waals surface area contributed by atoms with Gasteiger partial charge in [-0.25, -0.2) is 0 Å². The van der Waals surface area contributed by atoms with Crippen LogP contribution in [0.25, 0.3) is 11.5 Å². The van der Waals surface area contributed by atoms with E-state index in [0.29, 0.717) is 22.6 Å². The summed E-state index contributed by atoms with van der Waals surface area (Å²) >= 11 is 5.93. The Morgan fingerprint density at radius 2 is 2.21 bits per heavy atom. The first-order chi connectivity index (χ1) is 9.19. The van der Waals surface area contributed by atoms with Crippen molar-refractivity contribution in [3.63, 3.8) is 0 Å². The second-order valence-corrected chi connectivity index (χ2v) is 4.48. The molecule has 0 spiro atoms. The monoisotopic (exact) mass is 281 g/mol. The van der Waals surface area contributed by atoms with E-state index >= 15 is 0 Å². The Morgan fingerprint density at radius 1 is 1.42 bits per heavy atom. The van der Waals surface area contributed by atoms with Gasteiger partial charge in [0, 0.05) is 5.02 Å². The summed E-state index contributed by atoms with van der Waals surface area (Å²) in [6.07, 6.45) is 0.871. The maximum absolute atomic E-state index is 5.93. The van der Waals surface area contributed by atoms with E-state index in [1.54, 1.807) is 25.3 Å². The molecule has 0 bridgehead atoms. The lowest BCUT2D eigenvalue weighted by Crippen LogP contribution is -2.15. The molecule has 2 rings (SSSR count). The number of hydrogen-bond donors (Lipinski definition) is 1. The minimum Gasteiger partial charge on any atom is -0.496 e. The lowest BCUT2D eigenvalue weighted by molar-refractivity contribution is 0.404. The minimum absolute atomic E-state index is 0.0551. The third kappa shape index (κ3) is 2.88. The molecule has 1 atom stereocenters. The summed E-state index contributed by atoms with van der Waals surface area (Å²) in [5.74, 6) is 1.61. The molecule has 1 aromatic heterocycles. The molecule has 0 saturated carbocycles. The van der Waals surface area contributed by atoms with Crippen LogP contribution in [0.1, 0.15) is 25.3 Å². The van der Waals surface area contributed by atoms with Gasteiger partial charge in [-0.05, 0) is 31.7 Å². The maximum Gasteiger partial charge on any atom is 0.251 e. The number of rotatable bonds is 5. The van der Waals surface area contributed by atoms with Gasteiger partial charge in [0.05, 0.1) is 18.7 Å². The molecule has 0 fully saturated rings. The largest absolute Gasteiger partial charge is 0.496 e. The topological polar surface area (TPSA) is 60.2 Å². The smallest absolute Gasteiger partial charge is 0.251 e. The van der Waals surface area contributed by atoms with E-state index in [0.717, 1.165) is 12.0 Å². The molecule has 1 N–H and O–H groups in total. The van der Waals surface area contributed by atoms with Crippen LogP contribution >= 0.6 is 11.6 Å². The van der Waals surface area contributed by atoms with Crippen molar-refractivity contribution in [2.45, 2.75) is 19.4 Å². The van der Waals surface area contributed by atoms with Gasteiger partial charge in [-0.15, -0.1) is 10.2 Å². The summed E-state index contributed by atoms with van der Waals surface area (Å²) in [5, 5.41) is 11.8. The lowest BCUT2D eigenvalue weighted by atomic mass is 10.2. The second kappa shape index (κ2) is 6.04. The number of nitrogens with zero attached hydrogens (tertiary/aromatic N) is 2. The van der Waals surface area contributed by atoms with E-state index in [4.69, 9.17) is 20.8 Å². The lowest BCUT2D eigenvalue weighted by Gasteiger charge is -2.08. The molecule has 2 aromatic rings. The molecule has 1 heterocycles. The van der Waals surface area contributed by atoms with Crippen LogP contribution in [0.15, 0.2) is 22.6 Å². The number of ether oxygens (including phenoxy) is 1. The fourth-order valence-electron chi connectivity index (χ4n) is 1.83. The van der Waals surface area contributed by atoms with Gasteiger partial charge in [-0.2, -0.15) is 0 Å². The van der Waals surface area contributed by atoms with Gasteiger partial charge < -0.3 is 14.5 Å². The average molecular weight is 282 g/mol. The molecule has 0 aliphatic heterocycles. The highest BCUT2D eigenvalue weighted by Crippen LogP contribution is 2.32. The fourth-order valence-corrected chi connectivity index (χ4v) is 1.99. The molecule has 0 saturated heterocycles. The Kier molecular flexibility index (Phi) is 4.39. The van der Waals surface area contributed by atoms with E-state index in [1.807, 2.05) is 14.0 Å². The molecule has 0 aliphatic rings. The van der Waals surface area contributed by atoms with Crippen LogP contribution in [-0.4, -0.2) is 24.4 Å². The SMILES string of the molecule is CCC(NC)c1nnc(-c2ccc(Cl)cc2OC)o1. The highest BCUT2D eigenvalue weighted by Gasteiger charge is 2.18. The predicted molar refractivity (Wildman–Crippen MR) is 73.4 cm³/mol. The summed E-state index contributed by atoms with van der Waals surface area (Å²) in [6, 6.07) is 5.34. The van der Waals surface area contributed by atoms with Gasteiger partial charge in [-0.3, -0.25) is 0 Å². The minimum atomic E-state index is 0.0551. The Hall–Kier alpha value is -1.59. The zero-order valence-electron chi connectivity index (χ0n) is 11.1. The first-order valence-electron chi connectivity index (χ1n) is 6.04. The van der Waals surface area contributed by atoms with Crippen LogP contribution in [0.5, 0.6) is 5.75 Å². The van der Waals surface area contributed by atoms with E-state index < -0.39 is 0 Å². The molecule has 1 aromatic carbocycles. The summed E-state index contributed by atoms with van der Waals surface area (Å²) in [5.41, 5.74) is 0.733. The van der Waals surface area contributed by atoms with E-state index in [9.17, 15) is 0 Å². The van der Waals surface area contributed by atoms with Crippen LogP contribution in [0, 0.1) is 0 Å². The zero-order valence-corrected chi connectivity index (χ0v) is 11.9. The van der Waals surface area contributed by atoms with Crippen LogP contribution < -0.4 is 10.1 Å². The van der Waals surface area contributed by atoms with Gasteiger partial charge in [0.2, 0.25) is 5.89 Å². The van der Waals surface area contributed by atoms with Gasteiger partial charge in [0.1, 0.15) is 5.75 Å². The molecule has 0 aliphatic carbocycles. The normalized spacial score (nSPS) is 12.4. The van der Waals surface area contributed by atoms with Crippen LogP contribution in [0.4, 0.5) is 0 Å². The van der Waals surface area contributed by atoms with Crippen molar-refractivity contribution in [2.24, 2.45) is 0 Å². The number of methoxy groups -OCH3 is 1. The Labute approximate surface area is 116 Å². The van der Waals surface area contributed by atoms with Crippen molar-refractivity contribution in [1.82, 2.24) is 15.5 Å². The van der Waals surface area contributed by atoms with Crippen LogP contribution in [0.3, 0.4) is 0 Å². The Balaban J connectivity index is 2.37. The molecule has 102 valence electrons. The molecular weight excluding hydrogens is 266 g/mol. The molecule has 1 unspecified atom stereocenters. The summed E-state index contributed by atoms with van der Waals surface area (Å²) in [6.45, 7) is 2.05. The van der Waals surface area contributed by atoms with Crippen molar-refractivity contribution in [1.29, 1.82) is 0 Å². The molecule has 6 heteroatoms. The highest BCUT2D eigenvalue weighted by molar-refractivity contribution is 6.30. The van der Waals surface area contributed by atoms with Crippen molar-refractivity contribution in [2.75, 3.05) is 14.2 Å². The quantitative estimate of drug-likeness (QED) is 0.913. The first kappa shape index (κ1) is 13.8. The van der Waals surface area contributed by atoms with Gasteiger partial charge in [0.25, 0.3) is 5.89 Å². The molecule has 5 nitrogen and oxygen atoms in total. The Bertz CT molecular complexity index is 553. The number of halogens is 1. The van der Waals surface area contributed by atoms with Gasteiger partial charge in [-0.1, -0.05) is 18.5 Å². The van der Waals surface area contributed by atoms with Crippen LogP contribution in [-0.2, 0) is 0 Å². The fraction of sp³-hybridized carbons (Fsp3) is 0.385. The number of benzene rings is 1. The second-order valence-electron chi connectivity index (χ2n) is 4.04. The van der Waals surface area contributed by atoms with Crippen LogP contribution in [0.2, 0.25) is 5.02 Å². The molecular formula is C13H16ClN3O2. The van der Waals surface area contributed by atoms with Crippen molar-refractivity contribution >= 4 is 11.6 Å². The van der Waals surface area contributed by atoms with E-state index in [1.165, 1.54) is 0 Å². The average Bonchev–Trinajstić information content (AvgIpc) is 2.89. The molecule has 0 amide bonds. The Morgan fingerprint density at radius 3 is 2.84 bits per heavy atom. The summed E-state index contributed by atoms with van der Waals surface area (Å²) < 4.78 is 11.0. The van der Waals surface area contributed by atoms with E-state index in [2.05, 4.69) is 15.5 Å². The third-order valence-electron chi connectivity index (χ3n) is 2.89.